The molecule has 0 spiro atoms. The summed E-state index contributed by atoms with van der Waals surface area (Å²) in [7, 11) is 0. The summed E-state index contributed by atoms with van der Waals surface area (Å²) in [5.41, 5.74) is 0. The Morgan fingerprint density at radius 2 is 2.00 bits per heavy atom. The summed E-state index contributed by atoms with van der Waals surface area (Å²) < 4.78 is 6.53. The van der Waals surface area contributed by atoms with Crippen molar-refractivity contribution in [1.82, 2.24) is 9.80 Å². The minimum atomic E-state index is -0.0948. The lowest BCUT2D eigenvalue weighted by Crippen LogP contribution is -2.48. The van der Waals surface area contributed by atoms with Crippen molar-refractivity contribution in [3.8, 4) is 0 Å². The Kier molecular flexibility index (Phi) is 5.58. The fraction of sp³-hybridized carbons (Fsp3) is 0.529. The molecule has 1 unspecified atom stereocenters. The number of hydrogen-bond acceptors (Lipinski definition) is 4. The van der Waals surface area contributed by atoms with Crippen LogP contribution in [0.1, 0.15) is 23.8 Å². The zero-order valence-corrected chi connectivity index (χ0v) is 15.0. The molecule has 5 nitrogen and oxygen atoms in total. The van der Waals surface area contributed by atoms with Crippen molar-refractivity contribution in [1.29, 1.82) is 0 Å². The van der Waals surface area contributed by atoms with Crippen LogP contribution >= 0.6 is 22.9 Å². The lowest BCUT2D eigenvalue weighted by molar-refractivity contribution is -0.146. The maximum absolute atomic E-state index is 12.8. The number of hydrogen-bond donors (Lipinski definition) is 0. The number of likely N-dealkylation sites (tertiary alicyclic amines) is 1. The van der Waals surface area contributed by atoms with Crippen LogP contribution in [0, 0.1) is 5.92 Å². The molecule has 1 atom stereocenters. The molecular formula is C17H21ClN2O3S. The van der Waals surface area contributed by atoms with Gasteiger partial charge in [0.2, 0.25) is 11.8 Å². The van der Waals surface area contributed by atoms with Crippen molar-refractivity contribution >= 4 is 34.8 Å². The second kappa shape index (κ2) is 7.68. The topological polar surface area (TPSA) is 49.9 Å². The van der Waals surface area contributed by atoms with Crippen molar-refractivity contribution < 1.29 is 14.3 Å². The zero-order chi connectivity index (χ0) is 17.1. The zero-order valence-electron chi connectivity index (χ0n) is 13.4. The third-order valence-corrected chi connectivity index (χ3v) is 5.94. The van der Waals surface area contributed by atoms with Gasteiger partial charge < -0.3 is 14.5 Å². The van der Waals surface area contributed by atoms with E-state index >= 15 is 0 Å². The smallest absolute Gasteiger partial charge is 0.245 e. The Labute approximate surface area is 150 Å². The van der Waals surface area contributed by atoms with E-state index in [4.69, 9.17) is 16.3 Å². The van der Waals surface area contributed by atoms with Crippen LogP contribution < -0.4 is 0 Å². The van der Waals surface area contributed by atoms with Crippen LogP contribution in [0.2, 0.25) is 4.34 Å². The highest BCUT2D eigenvalue weighted by molar-refractivity contribution is 7.16. The van der Waals surface area contributed by atoms with Gasteiger partial charge >= 0.3 is 0 Å². The molecule has 3 heterocycles. The minimum absolute atomic E-state index is 0.00969. The number of carbonyl (C=O) groups is 2. The molecule has 2 saturated heterocycles. The number of nitrogens with zero attached hydrogens (tertiary/aromatic N) is 2. The van der Waals surface area contributed by atoms with Crippen molar-refractivity contribution in [3.63, 3.8) is 0 Å². The number of carbonyl (C=O) groups excluding carboxylic acids is 2. The molecule has 2 fully saturated rings. The molecule has 2 aliphatic heterocycles. The second-order valence-electron chi connectivity index (χ2n) is 6.09. The lowest BCUT2D eigenvalue weighted by Gasteiger charge is -2.37. The molecule has 0 radical (unpaired) electrons. The number of halogens is 1. The fourth-order valence-corrected chi connectivity index (χ4v) is 4.36. The van der Waals surface area contributed by atoms with E-state index in [-0.39, 0.29) is 23.8 Å². The largest absolute Gasteiger partial charge is 0.369 e. The molecule has 7 heteroatoms. The van der Waals surface area contributed by atoms with Crippen LogP contribution in [0.15, 0.2) is 24.8 Å². The van der Waals surface area contributed by atoms with Crippen LogP contribution in [0.3, 0.4) is 0 Å². The first-order valence-corrected chi connectivity index (χ1v) is 9.35. The third kappa shape index (κ3) is 3.82. The highest BCUT2D eigenvalue weighted by atomic mass is 35.5. The summed E-state index contributed by atoms with van der Waals surface area (Å²) in [6.07, 6.45) is 2.67. The number of thiophene rings is 1. The lowest BCUT2D eigenvalue weighted by atomic mass is 9.94. The van der Waals surface area contributed by atoms with Gasteiger partial charge in [-0.1, -0.05) is 18.2 Å². The predicted molar refractivity (Wildman–Crippen MR) is 94.1 cm³/mol. The molecule has 0 saturated carbocycles. The van der Waals surface area contributed by atoms with Crippen LogP contribution in [-0.4, -0.2) is 54.4 Å². The number of amides is 2. The summed E-state index contributed by atoms with van der Waals surface area (Å²) >= 11 is 7.49. The van der Waals surface area contributed by atoms with Crippen molar-refractivity contribution in [2.75, 3.05) is 32.8 Å². The van der Waals surface area contributed by atoms with Crippen LogP contribution in [0.5, 0.6) is 0 Å². The number of rotatable bonds is 3. The van der Waals surface area contributed by atoms with Gasteiger partial charge in [0.25, 0.3) is 0 Å². The molecule has 1 aromatic heterocycles. The van der Waals surface area contributed by atoms with E-state index in [2.05, 4.69) is 6.58 Å². The van der Waals surface area contributed by atoms with E-state index in [0.29, 0.717) is 45.6 Å². The van der Waals surface area contributed by atoms with Gasteiger partial charge in [0.05, 0.1) is 17.5 Å². The van der Waals surface area contributed by atoms with Crippen molar-refractivity contribution in [2.24, 2.45) is 5.92 Å². The standard InChI is InChI=1S/C17H21ClN2O3S/c1-2-16(21)19-7-5-12(6-8-19)17(22)20-9-10-23-13(11-20)14-3-4-15(18)24-14/h2-4,12-13H,1,5-11H2. The summed E-state index contributed by atoms with van der Waals surface area (Å²) in [5, 5.41) is 0. The Balaban J connectivity index is 1.57. The van der Waals surface area contributed by atoms with E-state index in [1.54, 1.807) is 4.90 Å². The molecule has 2 aliphatic rings. The van der Waals surface area contributed by atoms with Gasteiger partial charge in [0.15, 0.2) is 0 Å². The summed E-state index contributed by atoms with van der Waals surface area (Å²) in [6, 6.07) is 3.82. The highest BCUT2D eigenvalue weighted by Crippen LogP contribution is 2.32. The Hall–Kier alpha value is -1.37. The van der Waals surface area contributed by atoms with Gasteiger partial charge in [0, 0.05) is 30.4 Å². The molecule has 0 aliphatic carbocycles. The average Bonchev–Trinajstić information content (AvgIpc) is 3.07. The Morgan fingerprint density at radius 1 is 1.25 bits per heavy atom. The fourth-order valence-electron chi connectivity index (χ4n) is 3.26. The quantitative estimate of drug-likeness (QED) is 0.771. The van der Waals surface area contributed by atoms with Crippen LogP contribution in [0.4, 0.5) is 0 Å². The molecule has 3 rings (SSSR count). The molecule has 24 heavy (non-hydrogen) atoms. The highest BCUT2D eigenvalue weighted by Gasteiger charge is 2.33. The third-order valence-electron chi connectivity index (χ3n) is 4.62. The summed E-state index contributed by atoms with van der Waals surface area (Å²) in [6.45, 7) is 6.49. The molecule has 2 amide bonds. The number of ether oxygens (including phenoxy) is 1. The molecule has 1 aromatic rings. The molecular weight excluding hydrogens is 348 g/mol. The van der Waals surface area contributed by atoms with E-state index in [0.717, 1.165) is 9.21 Å². The Morgan fingerprint density at radius 3 is 2.62 bits per heavy atom. The van der Waals surface area contributed by atoms with Gasteiger partial charge in [-0.05, 0) is 31.1 Å². The monoisotopic (exact) mass is 368 g/mol. The first kappa shape index (κ1) is 17.5. The van der Waals surface area contributed by atoms with Crippen molar-refractivity contribution in [2.45, 2.75) is 18.9 Å². The number of morpholine rings is 1. The minimum Gasteiger partial charge on any atom is -0.369 e. The van der Waals surface area contributed by atoms with Gasteiger partial charge in [0.1, 0.15) is 6.10 Å². The van der Waals surface area contributed by atoms with E-state index in [1.807, 2.05) is 17.0 Å². The molecule has 130 valence electrons. The van der Waals surface area contributed by atoms with Crippen LogP contribution in [0.25, 0.3) is 0 Å². The van der Waals surface area contributed by atoms with Gasteiger partial charge in [-0.3, -0.25) is 9.59 Å². The number of piperidine rings is 1. The first-order chi connectivity index (χ1) is 11.6. The predicted octanol–water partition coefficient (Wildman–Crippen LogP) is 2.73. The first-order valence-electron chi connectivity index (χ1n) is 8.15. The van der Waals surface area contributed by atoms with E-state index in [9.17, 15) is 9.59 Å². The summed E-state index contributed by atoms with van der Waals surface area (Å²) in [5.74, 6) is 0.114. The maximum Gasteiger partial charge on any atom is 0.245 e. The van der Waals surface area contributed by atoms with E-state index < -0.39 is 0 Å². The second-order valence-corrected chi connectivity index (χ2v) is 7.84. The van der Waals surface area contributed by atoms with Gasteiger partial charge in [-0.2, -0.15) is 0 Å². The van der Waals surface area contributed by atoms with Crippen molar-refractivity contribution in [3.05, 3.63) is 34.0 Å². The van der Waals surface area contributed by atoms with Crippen LogP contribution in [-0.2, 0) is 14.3 Å². The Bertz CT molecular complexity index is 625. The normalized spacial score (nSPS) is 22.5. The average molecular weight is 369 g/mol. The molecule has 0 N–H and O–H groups in total. The molecule has 0 aromatic carbocycles. The summed E-state index contributed by atoms with van der Waals surface area (Å²) in [4.78, 5) is 29.2. The SMILES string of the molecule is C=CC(=O)N1CCC(C(=O)N2CCOC(c3ccc(Cl)s3)C2)CC1. The van der Waals surface area contributed by atoms with E-state index in [1.165, 1.54) is 17.4 Å². The maximum atomic E-state index is 12.8. The van der Waals surface area contributed by atoms with Gasteiger partial charge in [-0.25, -0.2) is 0 Å². The van der Waals surface area contributed by atoms with Gasteiger partial charge in [-0.15, -0.1) is 11.3 Å². The molecule has 0 bridgehead atoms.